The maximum atomic E-state index is 12.9. The minimum Gasteiger partial charge on any atom is -0.334 e. The molecule has 0 radical (unpaired) electrons. The molecule has 0 unspecified atom stereocenters. The third kappa shape index (κ3) is 3.99. The fraction of sp³-hybridized carbons (Fsp3) is 0.286. The summed E-state index contributed by atoms with van der Waals surface area (Å²) in [5, 5.41) is 0.964. The Morgan fingerprint density at radius 3 is 2.58 bits per heavy atom. The molecule has 0 spiro atoms. The average Bonchev–Trinajstić information content (AvgIpc) is 2.61. The second kappa shape index (κ2) is 7.52. The van der Waals surface area contributed by atoms with Gasteiger partial charge in [0.1, 0.15) is 0 Å². The van der Waals surface area contributed by atoms with Crippen LogP contribution in [0.15, 0.2) is 53.6 Å². The van der Waals surface area contributed by atoms with Crippen molar-refractivity contribution in [1.82, 2.24) is 14.9 Å². The summed E-state index contributed by atoms with van der Waals surface area (Å²) in [4.78, 5) is 34.0. The standard InChI is InChI=1S/C21H23N3O2/c1-14(2)12-24(21(26)16-6-8-22-9-7-16)13-18-11-17-5-4-15(3)10-19(17)23-20(18)25/h4-11,14H,12-13H2,1-3H3,(H,23,25). The van der Waals surface area contributed by atoms with E-state index in [0.29, 0.717) is 23.6 Å². The van der Waals surface area contributed by atoms with E-state index in [0.717, 1.165) is 16.5 Å². The van der Waals surface area contributed by atoms with Gasteiger partial charge in [-0.05, 0) is 48.1 Å². The van der Waals surface area contributed by atoms with Crippen molar-refractivity contribution in [2.24, 2.45) is 5.92 Å². The highest BCUT2D eigenvalue weighted by Crippen LogP contribution is 2.16. The molecule has 1 N–H and O–H groups in total. The van der Waals surface area contributed by atoms with Gasteiger partial charge in [-0.1, -0.05) is 26.0 Å². The molecule has 0 atom stereocenters. The highest BCUT2D eigenvalue weighted by atomic mass is 16.2. The van der Waals surface area contributed by atoms with Crippen molar-refractivity contribution < 1.29 is 4.79 Å². The number of aryl methyl sites for hydroxylation is 1. The fourth-order valence-corrected chi connectivity index (χ4v) is 3.02. The van der Waals surface area contributed by atoms with E-state index in [2.05, 4.69) is 23.8 Å². The highest BCUT2D eigenvalue weighted by molar-refractivity contribution is 5.94. The van der Waals surface area contributed by atoms with Crippen LogP contribution in [0.3, 0.4) is 0 Å². The smallest absolute Gasteiger partial charge is 0.254 e. The Morgan fingerprint density at radius 2 is 1.88 bits per heavy atom. The molecule has 0 bridgehead atoms. The average molecular weight is 349 g/mol. The molecule has 26 heavy (non-hydrogen) atoms. The van der Waals surface area contributed by atoms with E-state index in [1.165, 1.54) is 0 Å². The van der Waals surface area contributed by atoms with Gasteiger partial charge in [-0.2, -0.15) is 0 Å². The predicted octanol–water partition coefficient (Wildman–Crippen LogP) is 3.53. The number of nitrogens with zero attached hydrogens (tertiary/aromatic N) is 2. The number of hydrogen-bond acceptors (Lipinski definition) is 3. The van der Waals surface area contributed by atoms with Crippen LogP contribution in [0.25, 0.3) is 10.9 Å². The van der Waals surface area contributed by atoms with Crippen molar-refractivity contribution >= 4 is 16.8 Å². The van der Waals surface area contributed by atoms with Gasteiger partial charge in [-0.15, -0.1) is 0 Å². The summed E-state index contributed by atoms with van der Waals surface area (Å²) >= 11 is 0. The normalized spacial score (nSPS) is 11.1. The maximum absolute atomic E-state index is 12.9. The van der Waals surface area contributed by atoms with E-state index >= 15 is 0 Å². The third-order valence-electron chi connectivity index (χ3n) is 4.24. The van der Waals surface area contributed by atoms with E-state index in [1.54, 1.807) is 29.4 Å². The number of rotatable bonds is 5. The summed E-state index contributed by atoms with van der Waals surface area (Å²) in [5.74, 6) is 0.201. The Bertz CT molecular complexity index is 977. The summed E-state index contributed by atoms with van der Waals surface area (Å²) in [6.45, 7) is 6.95. The number of H-pyrrole nitrogens is 1. The number of amides is 1. The molecule has 1 aromatic carbocycles. The fourth-order valence-electron chi connectivity index (χ4n) is 3.02. The lowest BCUT2D eigenvalue weighted by atomic mass is 10.1. The number of aromatic amines is 1. The Kier molecular flexibility index (Phi) is 5.16. The number of aromatic nitrogens is 2. The molecule has 3 rings (SSSR count). The van der Waals surface area contributed by atoms with Crippen LogP contribution >= 0.6 is 0 Å². The summed E-state index contributed by atoms with van der Waals surface area (Å²) in [6, 6.07) is 11.2. The quantitative estimate of drug-likeness (QED) is 0.766. The second-order valence-corrected chi connectivity index (χ2v) is 7.03. The molecule has 2 aromatic heterocycles. The van der Waals surface area contributed by atoms with Gasteiger partial charge in [0.05, 0.1) is 6.54 Å². The number of fused-ring (bicyclic) bond motifs is 1. The molecule has 2 heterocycles. The van der Waals surface area contributed by atoms with Gasteiger partial charge in [-0.3, -0.25) is 14.6 Å². The zero-order valence-corrected chi connectivity index (χ0v) is 15.3. The highest BCUT2D eigenvalue weighted by Gasteiger charge is 2.19. The molecule has 0 aliphatic heterocycles. The Balaban J connectivity index is 1.95. The Hall–Kier alpha value is -2.95. The van der Waals surface area contributed by atoms with E-state index in [4.69, 9.17) is 0 Å². The zero-order chi connectivity index (χ0) is 18.7. The first-order valence-corrected chi connectivity index (χ1v) is 8.76. The minimum atomic E-state index is -0.153. The van der Waals surface area contributed by atoms with Gasteiger partial charge in [0.25, 0.3) is 11.5 Å². The summed E-state index contributed by atoms with van der Waals surface area (Å²) in [5.41, 5.74) is 2.92. The van der Waals surface area contributed by atoms with Crippen LogP contribution < -0.4 is 5.56 Å². The zero-order valence-electron chi connectivity index (χ0n) is 15.3. The van der Waals surface area contributed by atoms with Crippen molar-refractivity contribution in [2.75, 3.05) is 6.54 Å². The van der Waals surface area contributed by atoms with E-state index in [1.807, 2.05) is 31.2 Å². The molecular weight excluding hydrogens is 326 g/mol. The summed E-state index contributed by atoms with van der Waals surface area (Å²) in [6.07, 6.45) is 3.21. The molecule has 3 aromatic rings. The third-order valence-corrected chi connectivity index (χ3v) is 4.24. The van der Waals surface area contributed by atoms with Crippen LogP contribution in [0, 0.1) is 12.8 Å². The van der Waals surface area contributed by atoms with Crippen molar-refractivity contribution in [3.05, 3.63) is 75.8 Å². The first-order chi connectivity index (χ1) is 12.4. The predicted molar refractivity (Wildman–Crippen MR) is 103 cm³/mol. The van der Waals surface area contributed by atoms with Gasteiger partial charge in [0.2, 0.25) is 0 Å². The monoisotopic (exact) mass is 349 g/mol. The first-order valence-electron chi connectivity index (χ1n) is 8.76. The van der Waals surface area contributed by atoms with Crippen molar-refractivity contribution in [3.63, 3.8) is 0 Å². The van der Waals surface area contributed by atoms with Crippen LogP contribution in [0.5, 0.6) is 0 Å². The van der Waals surface area contributed by atoms with Crippen LogP contribution in [-0.2, 0) is 6.54 Å². The number of carbonyl (C=O) groups is 1. The van der Waals surface area contributed by atoms with Crippen molar-refractivity contribution in [1.29, 1.82) is 0 Å². The molecule has 0 saturated carbocycles. The summed E-state index contributed by atoms with van der Waals surface area (Å²) in [7, 11) is 0. The number of hydrogen-bond donors (Lipinski definition) is 1. The van der Waals surface area contributed by atoms with Gasteiger partial charge < -0.3 is 9.88 Å². The van der Waals surface area contributed by atoms with E-state index < -0.39 is 0 Å². The van der Waals surface area contributed by atoms with Crippen LogP contribution in [0.1, 0.15) is 35.3 Å². The number of carbonyl (C=O) groups excluding carboxylic acids is 1. The van der Waals surface area contributed by atoms with Gasteiger partial charge in [-0.25, -0.2) is 0 Å². The first kappa shape index (κ1) is 17.9. The largest absolute Gasteiger partial charge is 0.334 e. The molecule has 0 aliphatic carbocycles. The Labute approximate surface area is 152 Å². The number of benzene rings is 1. The minimum absolute atomic E-state index is 0.0931. The SMILES string of the molecule is Cc1ccc2cc(CN(CC(C)C)C(=O)c3ccncc3)c(=O)[nH]c2c1. The number of nitrogens with one attached hydrogen (secondary N) is 1. The Morgan fingerprint density at radius 1 is 1.15 bits per heavy atom. The molecule has 1 amide bonds. The molecule has 5 nitrogen and oxygen atoms in total. The van der Waals surface area contributed by atoms with Crippen molar-refractivity contribution in [2.45, 2.75) is 27.3 Å². The van der Waals surface area contributed by atoms with Gasteiger partial charge in [0, 0.05) is 35.6 Å². The lowest BCUT2D eigenvalue weighted by Crippen LogP contribution is -2.35. The maximum Gasteiger partial charge on any atom is 0.254 e. The lowest BCUT2D eigenvalue weighted by Gasteiger charge is -2.24. The topological polar surface area (TPSA) is 66.1 Å². The molecule has 134 valence electrons. The molecule has 0 fully saturated rings. The molecule has 0 saturated heterocycles. The molecule has 0 aliphatic rings. The van der Waals surface area contributed by atoms with E-state index in [-0.39, 0.29) is 18.0 Å². The molecular formula is C21H23N3O2. The van der Waals surface area contributed by atoms with Crippen molar-refractivity contribution in [3.8, 4) is 0 Å². The van der Waals surface area contributed by atoms with Crippen LogP contribution in [-0.4, -0.2) is 27.3 Å². The summed E-state index contributed by atoms with van der Waals surface area (Å²) < 4.78 is 0. The number of pyridine rings is 2. The molecule has 5 heteroatoms. The van der Waals surface area contributed by atoms with Gasteiger partial charge in [0.15, 0.2) is 0 Å². The second-order valence-electron chi connectivity index (χ2n) is 7.03. The van der Waals surface area contributed by atoms with Gasteiger partial charge >= 0.3 is 0 Å². The van der Waals surface area contributed by atoms with E-state index in [9.17, 15) is 9.59 Å². The van der Waals surface area contributed by atoms with Crippen LogP contribution in [0.2, 0.25) is 0 Å². The van der Waals surface area contributed by atoms with Crippen LogP contribution in [0.4, 0.5) is 0 Å². The lowest BCUT2D eigenvalue weighted by molar-refractivity contribution is 0.0722.